The second-order valence-corrected chi connectivity index (χ2v) is 14.6. The molecule has 3 atom stereocenters. The van der Waals surface area contributed by atoms with Gasteiger partial charge in [0.05, 0.1) is 23.1 Å². The Morgan fingerprint density at radius 2 is 1.45 bits per heavy atom. The molecule has 268 valence electrons. The van der Waals surface area contributed by atoms with Crippen molar-refractivity contribution in [1.82, 2.24) is 16.0 Å². The molecule has 0 aromatic heterocycles. The molecule has 12 heteroatoms. The van der Waals surface area contributed by atoms with Crippen LogP contribution in [0.25, 0.3) is 0 Å². The number of benzene rings is 3. The number of hydrogen-bond donors (Lipinski definition) is 4. The van der Waals surface area contributed by atoms with Gasteiger partial charge in [-0.1, -0.05) is 88.2 Å². The van der Waals surface area contributed by atoms with E-state index in [0.29, 0.717) is 43.9 Å². The first-order valence-corrected chi connectivity index (χ1v) is 18.6. The molecule has 0 bridgehead atoms. The van der Waals surface area contributed by atoms with E-state index in [1.807, 2.05) is 45.0 Å². The van der Waals surface area contributed by atoms with Crippen LogP contribution in [-0.2, 0) is 45.4 Å². The van der Waals surface area contributed by atoms with Gasteiger partial charge in [0.1, 0.15) is 24.3 Å². The molecular weight excluding hydrogens is 652 g/mol. The summed E-state index contributed by atoms with van der Waals surface area (Å²) in [6, 6.07) is 17.0. The predicted molar refractivity (Wildman–Crippen MR) is 186 cm³/mol. The van der Waals surface area contributed by atoms with E-state index in [2.05, 4.69) is 16.0 Å². The van der Waals surface area contributed by atoms with Gasteiger partial charge >= 0.3 is 6.09 Å². The van der Waals surface area contributed by atoms with Crippen LogP contribution in [0.2, 0.25) is 0 Å². The van der Waals surface area contributed by atoms with Crippen LogP contribution in [-0.4, -0.2) is 61.3 Å². The molecule has 0 heterocycles. The molecular formula is C37H49F2N3O6S. The molecule has 0 saturated carbocycles. The lowest BCUT2D eigenvalue weighted by Gasteiger charge is -2.28. The number of rotatable bonds is 20. The first-order valence-electron chi connectivity index (χ1n) is 16.8. The number of aliphatic hydroxyl groups is 1. The minimum absolute atomic E-state index is 0.0102. The van der Waals surface area contributed by atoms with Crippen LogP contribution in [0.15, 0.2) is 72.8 Å². The first kappa shape index (κ1) is 39.6. The van der Waals surface area contributed by atoms with Gasteiger partial charge in [0.25, 0.3) is 0 Å². The fourth-order valence-corrected chi connectivity index (χ4v) is 7.78. The summed E-state index contributed by atoms with van der Waals surface area (Å²) in [5, 5.41) is 18.8. The fraction of sp³-hybridized carbons (Fsp3) is 0.459. The van der Waals surface area contributed by atoms with E-state index >= 15 is 0 Å². The number of alkyl carbamates (subject to hydrolysis) is 1. The smallest absolute Gasteiger partial charge is 0.408 e. The van der Waals surface area contributed by atoms with E-state index in [1.165, 1.54) is 0 Å². The number of aryl methyl sites for hydroxylation is 1. The topological polar surface area (TPSA) is 134 Å². The summed E-state index contributed by atoms with van der Waals surface area (Å²) in [6.45, 7) is 6.08. The lowest BCUT2D eigenvalue weighted by Crippen LogP contribution is -2.57. The van der Waals surface area contributed by atoms with Gasteiger partial charge < -0.3 is 25.8 Å². The van der Waals surface area contributed by atoms with Crippen LogP contribution in [0.4, 0.5) is 13.6 Å². The number of sulfone groups is 1. The first-order chi connectivity index (χ1) is 23.4. The SMILES string of the molecule is CCCC(CCC)S(=O)(=O)C[C@H](NC(=O)OCc1ccccc1)C(=O)N[C@@H](Cc1cc(F)cc(F)c1)[C@H](O)CNCc1cccc(CC)c1. The fourth-order valence-electron chi connectivity index (χ4n) is 5.62. The third kappa shape index (κ3) is 13.5. The quantitative estimate of drug-likeness (QED) is 0.124. The molecule has 3 aromatic carbocycles. The van der Waals surface area contributed by atoms with Gasteiger partial charge in [-0.15, -0.1) is 0 Å². The summed E-state index contributed by atoms with van der Waals surface area (Å²) >= 11 is 0. The minimum Gasteiger partial charge on any atom is -0.445 e. The Labute approximate surface area is 288 Å². The van der Waals surface area contributed by atoms with Crippen LogP contribution < -0.4 is 16.0 Å². The molecule has 0 aliphatic heterocycles. The Morgan fingerprint density at radius 1 is 0.816 bits per heavy atom. The van der Waals surface area contributed by atoms with Crippen LogP contribution in [0.3, 0.4) is 0 Å². The second kappa shape index (κ2) is 20.0. The molecule has 0 aliphatic carbocycles. The number of nitrogens with one attached hydrogen (secondary N) is 3. The molecule has 3 aromatic rings. The second-order valence-electron chi connectivity index (χ2n) is 12.3. The molecule has 2 amide bonds. The van der Waals surface area contributed by atoms with E-state index in [1.54, 1.807) is 30.3 Å². The highest BCUT2D eigenvalue weighted by atomic mass is 32.2. The molecule has 0 radical (unpaired) electrons. The third-order valence-corrected chi connectivity index (χ3v) is 10.5. The Hall–Kier alpha value is -3.87. The summed E-state index contributed by atoms with van der Waals surface area (Å²) in [5.41, 5.74) is 2.99. The zero-order chi connectivity index (χ0) is 35.8. The van der Waals surface area contributed by atoms with Crippen LogP contribution in [0, 0.1) is 11.6 Å². The number of hydrogen-bond acceptors (Lipinski definition) is 7. The highest BCUT2D eigenvalue weighted by Crippen LogP contribution is 2.18. The van der Waals surface area contributed by atoms with Crippen molar-refractivity contribution < 1.29 is 36.6 Å². The standard InChI is InChI=1S/C37H49F2N3O6S/c1-4-11-32(12-5-2)49(46,47)25-34(42-37(45)48-24-27-13-8-7-9-14-27)36(44)41-33(20-29-18-30(38)21-31(39)19-29)35(43)23-40-22-28-16-10-15-26(6-3)17-28/h7-10,13-19,21,32-35,40,43H,4-6,11-12,20,22-25H2,1-3H3,(H,41,44)(H,42,45)/t33-,34-,35+/m0/s1. The number of aliphatic hydroxyl groups excluding tert-OH is 1. The maximum absolute atomic E-state index is 14.1. The van der Waals surface area contributed by atoms with Gasteiger partial charge in [-0.2, -0.15) is 0 Å². The normalized spacial score (nSPS) is 13.4. The van der Waals surface area contributed by atoms with Crippen molar-refractivity contribution in [2.75, 3.05) is 12.3 Å². The van der Waals surface area contributed by atoms with Crippen molar-refractivity contribution in [2.24, 2.45) is 0 Å². The zero-order valence-corrected chi connectivity index (χ0v) is 29.3. The predicted octanol–water partition coefficient (Wildman–Crippen LogP) is 5.38. The summed E-state index contributed by atoms with van der Waals surface area (Å²) in [4.78, 5) is 26.7. The molecule has 4 N–H and O–H groups in total. The van der Waals surface area contributed by atoms with Crippen LogP contribution >= 0.6 is 0 Å². The average molecular weight is 702 g/mol. The van der Waals surface area contributed by atoms with Gasteiger partial charge in [0.2, 0.25) is 5.91 Å². The molecule has 0 saturated heterocycles. The van der Waals surface area contributed by atoms with E-state index in [4.69, 9.17) is 4.74 Å². The summed E-state index contributed by atoms with van der Waals surface area (Å²) in [6.07, 6.45) is 0.424. The lowest BCUT2D eigenvalue weighted by atomic mass is 10.00. The monoisotopic (exact) mass is 701 g/mol. The Kier molecular flexibility index (Phi) is 16.1. The van der Waals surface area contributed by atoms with Gasteiger partial charge in [-0.3, -0.25) is 4.79 Å². The van der Waals surface area contributed by atoms with Crippen molar-refractivity contribution in [3.63, 3.8) is 0 Å². The molecule has 49 heavy (non-hydrogen) atoms. The highest BCUT2D eigenvalue weighted by molar-refractivity contribution is 7.92. The minimum atomic E-state index is -3.89. The third-order valence-electron chi connectivity index (χ3n) is 8.20. The van der Waals surface area contributed by atoms with Gasteiger partial charge in [0.15, 0.2) is 9.84 Å². The highest BCUT2D eigenvalue weighted by Gasteiger charge is 2.34. The molecule has 9 nitrogen and oxygen atoms in total. The number of halogens is 2. The number of ether oxygens (including phenoxy) is 1. The van der Waals surface area contributed by atoms with Crippen molar-refractivity contribution in [3.05, 3.63) is 107 Å². The van der Waals surface area contributed by atoms with E-state index in [-0.39, 0.29) is 25.1 Å². The molecule has 0 unspecified atom stereocenters. The summed E-state index contributed by atoms with van der Waals surface area (Å²) in [7, 11) is -3.89. The number of carbonyl (C=O) groups is 2. The number of amides is 2. The van der Waals surface area contributed by atoms with Crippen molar-refractivity contribution in [1.29, 1.82) is 0 Å². The van der Waals surface area contributed by atoms with E-state index in [9.17, 15) is 31.9 Å². The molecule has 0 aliphatic rings. The lowest BCUT2D eigenvalue weighted by molar-refractivity contribution is -0.124. The van der Waals surface area contributed by atoms with Gasteiger partial charge in [0, 0.05) is 19.2 Å². The summed E-state index contributed by atoms with van der Waals surface area (Å²) < 4.78 is 60.7. The van der Waals surface area contributed by atoms with E-state index < -0.39 is 62.7 Å². The summed E-state index contributed by atoms with van der Waals surface area (Å²) in [5.74, 6) is -3.24. The molecule has 0 spiro atoms. The maximum Gasteiger partial charge on any atom is 0.408 e. The Bertz CT molecular complexity index is 1570. The Balaban J connectivity index is 1.84. The average Bonchev–Trinajstić information content (AvgIpc) is 3.06. The van der Waals surface area contributed by atoms with Crippen LogP contribution in [0.5, 0.6) is 0 Å². The zero-order valence-electron chi connectivity index (χ0n) is 28.5. The largest absolute Gasteiger partial charge is 0.445 e. The van der Waals surface area contributed by atoms with E-state index in [0.717, 1.165) is 29.7 Å². The van der Waals surface area contributed by atoms with Gasteiger partial charge in [-0.05, 0) is 60.1 Å². The number of carbonyl (C=O) groups excluding carboxylic acids is 2. The van der Waals surface area contributed by atoms with Crippen molar-refractivity contribution in [3.8, 4) is 0 Å². The van der Waals surface area contributed by atoms with Gasteiger partial charge in [-0.25, -0.2) is 22.0 Å². The van der Waals surface area contributed by atoms with Crippen molar-refractivity contribution >= 4 is 21.8 Å². The molecule has 0 fully saturated rings. The Morgan fingerprint density at radius 3 is 2.08 bits per heavy atom. The molecule has 3 rings (SSSR count). The van der Waals surface area contributed by atoms with Crippen molar-refractivity contribution in [2.45, 2.75) is 95.9 Å². The van der Waals surface area contributed by atoms with Crippen LogP contribution in [0.1, 0.15) is 68.7 Å². The maximum atomic E-state index is 14.1.